The quantitative estimate of drug-likeness (QED) is 0.434. The van der Waals surface area contributed by atoms with Crippen molar-refractivity contribution in [2.75, 3.05) is 20.3 Å². The molecule has 0 aliphatic rings. The lowest BCUT2D eigenvalue weighted by Crippen LogP contribution is -2.09. The van der Waals surface area contributed by atoms with Crippen LogP contribution in [-0.2, 0) is 9.47 Å². The van der Waals surface area contributed by atoms with Crippen molar-refractivity contribution in [3.05, 3.63) is 35.9 Å². The average molecular weight is 179 g/mol. The Morgan fingerprint density at radius 1 is 1.23 bits per heavy atom. The van der Waals surface area contributed by atoms with E-state index < -0.39 is 0 Å². The van der Waals surface area contributed by atoms with Crippen LogP contribution in [0.25, 0.3) is 0 Å². The highest BCUT2D eigenvalue weighted by Gasteiger charge is 1.99. The third-order valence-corrected chi connectivity index (χ3v) is 1.57. The van der Waals surface area contributed by atoms with E-state index in [0.717, 1.165) is 5.56 Å². The SMILES string of the molecule is COCCOC(=N)c1ccccc1. The number of rotatable bonds is 4. The Labute approximate surface area is 77.8 Å². The minimum atomic E-state index is 0.192. The molecule has 0 unspecified atom stereocenters. The molecule has 1 aromatic carbocycles. The normalized spacial score (nSPS) is 9.62. The second kappa shape index (κ2) is 5.32. The van der Waals surface area contributed by atoms with Crippen LogP contribution in [0.3, 0.4) is 0 Å². The zero-order chi connectivity index (χ0) is 9.52. The van der Waals surface area contributed by atoms with Crippen LogP contribution in [0, 0.1) is 5.41 Å². The summed E-state index contributed by atoms with van der Waals surface area (Å²) >= 11 is 0. The number of methoxy groups -OCH3 is 1. The van der Waals surface area contributed by atoms with Gasteiger partial charge in [-0.1, -0.05) is 18.2 Å². The number of benzene rings is 1. The summed E-state index contributed by atoms with van der Waals surface area (Å²) in [4.78, 5) is 0. The van der Waals surface area contributed by atoms with Gasteiger partial charge in [0.05, 0.1) is 6.61 Å². The summed E-state index contributed by atoms with van der Waals surface area (Å²) < 4.78 is 9.93. The molecule has 0 spiro atoms. The molecular weight excluding hydrogens is 166 g/mol. The van der Waals surface area contributed by atoms with E-state index in [1.165, 1.54) is 0 Å². The zero-order valence-electron chi connectivity index (χ0n) is 7.62. The highest BCUT2D eigenvalue weighted by molar-refractivity contribution is 5.91. The number of nitrogens with one attached hydrogen (secondary N) is 1. The molecular formula is C10H13NO2. The van der Waals surface area contributed by atoms with Crippen LogP contribution < -0.4 is 0 Å². The summed E-state index contributed by atoms with van der Waals surface area (Å²) in [5.74, 6) is 0.192. The standard InChI is InChI=1S/C10H13NO2/c1-12-7-8-13-10(11)9-5-3-2-4-6-9/h2-6,11H,7-8H2,1H3. The molecule has 13 heavy (non-hydrogen) atoms. The highest BCUT2D eigenvalue weighted by atomic mass is 16.5. The summed E-state index contributed by atoms with van der Waals surface area (Å²) in [5, 5.41) is 7.53. The maximum absolute atomic E-state index is 7.53. The first-order valence-corrected chi connectivity index (χ1v) is 4.10. The molecule has 0 aromatic heterocycles. The van der Waals surface area contributed by atoms with Gasteiger partial charge in [-0.15, -0.1) is 0 Å². The molecule has 0 amide bonds. The van der Waals surface area contributed by atoms with Gasteiger partial charge >= 0.3 is 0 Å². The van der Waals surface area contributed by atoms with Crippen molar-refractivity contribution < 1.29 is 9.47 Å². The Bertz CT molecular complexity index is 259. The predicted octanol–water partition coefficient (Wildman–Crippen LogP) is 1.67. The molecule has 0 aliphatic carbocycles. The molecule has 0 saturated carbocycles. The van der Waals surface area contributed by atoms with E-state index in [2.05, 4.69) is 0 Å². The van der Waals surface area contributed by atoms with E-state index in [4.69, 9.17) is 14.9 Å². The topological polar surface area (TPSA) is 42.3 Å². The fourth-order valence-electron chi connectivity index (χ4n) is 0.900. The maximum atomic E-state index is 7.53. The lowest BCUT2D eigenvalue weighted by Gasteiger charge is -2.05. The number of ether oxygens (including phenoxy) is 2. The molecule has 3 nitrogen and oxygen atoms in total. The number of hydrogen-bond donors (Lipinski definition) is 1. The first kappa shape index (κ1) is 9.74. The van der Waals surface area contributed by atoms with Gasteiger partial charge in [-0.05, 0) is 12.1 Å². The van der Waals surface area contributed by atoms with Gasteiger partial charge < -0.3 is 9.47 Å². The second-order valence-corrected chi connectivity index (χ2v) is 2.54. The van der Waals surface area contributed by atoms with Crippen LogP contribution >= 0.6 is 0 Å². The Morgan fingerprint density at radius 2 is 1.92 bits per heavy atom. The molecule has 0 bridgehead atoms. The first-order valence-electron chi connectivity index (χ1n) is 4.10. The lowest BCUT2D eigenvalue weighted by atomic mass is 10.2. The second-order valence-electron chi connectivity index (χ2n) is 2.54. The molecule has 0 heterocycles. The third-order valence-electron chi connectivity index (χ3n) is 1.57. The van der Waals surface area contributed by atoms with Crippen LogP contribution in [0.1, 0.15) is 5.56 Å². The van der Waals surface area contributed by atoms with Gasteiger partial charge in [0.25, 0.3) is 0 Å². The fourth-order valence-corrected chi connectivity index (χ4v) is 0.900. The zero-order valence-corrected chi connectivity index (χ0v) is 7.62. The smallest absolute Gasteiger partial charge is 0.213 e. The van der Waals surface area contributed by atoms with Gasteiger partial charge in [-0.3, -0.25) is 5.41 Å². The van der Waals surface area contributed by atoms with E-state index in [1.807, 2.05) is 30.3 Å². The minimum Gasteiger partial charge on any atom is -0.475 e. The summed E-state index contributed by atoms with van der Waals surface area (Å²) in [6.07, 6.45) is 0. The maximum Gasteiger partial charge on any atom is 0.213 e. The molecule has 0 saturated heterocycles. The van der Waals surface area contributed by atoms with Gasteiger partial charge in [0.15, 0.2) is 0 Å². The third kappa shape index (κ3) is 3.25. The molecule has 3 heteroatoms. The molecule has 0 fully saturated rings. The average Bonchev–Trinajstić information content (AvgIpc) is 2.19. The van der Waals surface area contributed by atoms with Gasteiger partial charge in [0.2, 0.25) is 5.90 Å². The van der Waals surface area contributed by atoms with Crippen LogP contribution in [0.15, 0.2) is 30.3 Å². The van der Waals surface area contributed by atoms with E-state index in [1.54, 1.807) is 7.11 Å². The molecule has 1 rings (SSSR count). The molecule has 0 atom stereocenters. The summed E-state index contributed by atoms with van der Waals surface area (Å²) in [6.45, 7) is 0.930. The highest BCUT2D eigenvalue weighted by Crippen LogP contribution is 2.00. The molecule has 1 N–H and O–H groups in total. The van der Waals surface area contributed by atoms with Crippen molar-refractivity contribution in [3.8, 4) is 0 Å². The van der Waals surface area contributed by atoms with E-state index in [9.17, 15) is 0 Å². The Hall–Kier alpha value is -1.35. The van der Waals surface area contributed by atoms with Gasteiger partial charge in [0, 0.05) is 12.7 Å². The van der Waals surface area contributed by atoms with Crippen molar-refractivity contribution in [1.82, 2.24) is 0 Å². The Balaban J connectivity index is 2.40. The Morgan fingerprint density at radius 3 is 2.54 bits per heavy atom. The van der Waals surface area contributed by atoms with E-state index in [0.29, 0.717) is 13.2 Å². The van der Waals surface area contributed by atoms with Crippen molar-refractivity contribution in [2.45, 2.75) is 0 Å². The molecule has 0 radical (unpaired) electrons. The molecule has 70 valence electrons. The molecule has 1 aromatic rings. The monoisotopic (exact) mass is 179 g/mol. The van der Waals surface area contributed by atoms with Crippen molar-refractivity contribution in [1.29, 1.82) is 5.41 Å². The molecule has 0 aliphatic heterocycles. The minimum absolute atomic E-state index is 0.192. The van der Waals surface area contributed by atoms with Crippen molar-refractivity contribution in [3.63, 3.8) is 0 Å². The van der Waals surface area contributed by atoms with Crippen LogP contribution in [0.5, 0.6) is 0 Å². The van der Waals surface area contributed by atoms with Crippen LogP contribution in [-0.4, -0.2) is 26.2 Å². The summed E-state index contributed by atoms with van der Waals surface area (Å²) in [5.41, 5.74) is 0.790. The summed E-state index contributed by atoms with van der Waals surface area (Å²) in [7, 11) is 1.61. The first-order chi connectivity index (χ1) is 6.34. The van der Waals surface area contributed by atoms with Crippen molar-refractivity contribution in [2.24, 2.45) is 0 Å². The van der Waals surface area contributed by atoms with Crippen LogP contribution in [0.4, 0.5) is 0 Å². The van der Waals surface area contributed by atoms with Gasteiger partial charge in [-0.2, -0.15) is 0 Å². The van der Waals surface area contributed by atoms with Crippen LogP contribution in [0.2, 0.25) is 0 Å². The van der Waals surface area contributed by atoms with Crippen molar-refractivity contribution >= 4 is 5.90 Å². The fraction of sp³-hybridized carbons (Fsp3) is 0.300. The van der Waals surface area contributed by atoms with Gasteiger partial charge in [0.1, 0.15) is 6.61 Å². The Kier molecular flexibility index (Phi) is 3.99. The van der Waals surface area contributed by atoms with Gasteiger partial charge in [-0.25, -0.2) is 0 Å². The lowest BCUT2D eigenvalue weighted by molar-refractivity contribution is 0.141. The van der Waals surface area contributed by atoms with E-state index >= 15 is 0 Å². The largest absolute Gasteiger partial charge is 0.475 e. The van der Waals surface area contributed by atoms with E-state index in [-0.39, 0.29) is 5.90 Å². The predicted molar refractivity (Wildman–Crippen MR) is 51.1 cm³/mol. The summed E-state index contributed by atoms with van der Waals surface area (Å²) in [6, 6.07) is 9.35. The number of hydrogen-bond acceptors (Lipinski definition) is 3.